The molecular formula is C17H12BrFN4O4. The largest absolute Gasteiger partial charge is 0.343 e. The normalized spacial score (nSPS) is 10.6. The van der Waals surface area contributed by atoms with Crippen molar-refractivity contribution in [1.82, 2.24) is 15.5 Å². The van der Waals surface area contributed by atoms with Crippen LogP contribution in [0.3, 0.4) is 0 Å². The molecule has 27 heavy (non-hydrogen) atoms. The number of carbonyl (C=O) groups is 2. The summed E-state index contributed by atoms with van der Waals surface area (Å²) in [6.07, 6.45) is 0. The van der Waals surface area contributed by atoms with Crippen LogP contribution in [0.5, 0.6) is 0 Å². The Kier molecular flexibility index (Phi) is 5.17. The minimum absolute atomic E-state index is 0.0129. The monoisotopic (exact) mass is 434 g/mol. The zero-order chi connectivity index (χ0) is 19.6. The van der Waals surface area contributed by atoms with Crippen molar-refractivity contribution in [2.24, 2.45) is 0 Å². The van der Waals surface area contributed by atoms with E-state index in [2.05, 4.69) is 36.8 Å². The summed E-state index contributed by atoms with van der Waals surface area (Å²) in [6.45, 7) is -0.456. The van der Waals surface area contributed by atoms with Crippen molar-refractivity contribution >= 4 is 44.2 Å². The van der Waals surface area contributed by atoms with Gasteiger partial charge in [0.1, 0.15) is 5.82 Å². The van der Waals surface area contributed by atoms with E-state index < -0.39 is 35.3 Å². The van der Waals surface area contributed by atoms with Gasteiger partial charge in [0.05, 0.1) is 28.6 Å². The third kappa shape index (κ3) is 3.95. The number of hydrogen-bond acceptors (Lipinski definition) is 4. The van der Waals surface area contributed by atoms with Gasteiger partial charge in [-0.15, -0.1) is 0 Å². The fraction of sp³-hybridized carbons (Fsp3) is 0.0588. The second kappa shape index (κ2) is 7.54. The van der Waals surface area contributed by atoms with E-state index in [1.165, 1.54) is 30.3 Å². The number of amides is 2. The molecule has 0 aliphatic rings. The molecule has 1 aromatic heterocycles. The van der Waals surface area contributed by atoms with Crippen LogP contribution in [0.4, 0.5) is 10.1 Å². The van der Waals surface area contributed by atoms with Crippen molar-refractivity contribution in [3.05, 3.63) is 73.0 Å². The van der Waals surface area contributed by atoms with Crippen LogP contribution in [0.15, 0.2) is 50.5 Å². The van der Waals surface area contributed by atoms with Crippen LogP contribution in [0, 0.1) is 5.82 Å². The third-order valence-corrected chi connectivity index (χ3v) is 4.18. The van der Waals surface area contributed by atoms with Crippen LogP contribution >= 0.6 is 15.9 Å². The molecule has 0 bridgehead atoms. The molecule has 1 heterocycles. The summed E-state index contributed by atoms with van der Waals surface area (Å²) in [5.41, 5.74) is -1.20. The first kappa shape index (κ1) is 18.5. The number of H-pyrrole nitrogens is 2. The molecule has 10 heteroatoms. The summed E-state index contributed by atoms with van der Waals surface area (Å²) in [5.74, 6) is -2.14. The van der Waals surface area contributed by atoms with Crippen molar-refractivity contribution in [2.75, 3.05) is 11.9 Å². The lowest BCUT2D eigenvalue weighted by Crippen LogP contribution is -2.33. The van der Waals surface area contributed by atoms with E-state index >= 15 is 0 Å². The zero-order valence-corrected chi connectivity index (χ0v) is 15.1. The maximum absolute atomic E-state index is 13.7. The predicted octanol–water partition coefficient (Wildman–Crippen LogP) is 1.49. The van der Waals surface area contributed by atoms with Gasteiger partial charge in [0.2, 0.25) is 5.91 Å². The number of fused-ring (bicyclic) bond motifs is 1. The zero-order valence-electron chi connectivity index (χ0n) is 13.6. The van der Waals surface area contributed by atoms with E-state index in [1.807, 2.05) is 0 Å². The van der Waals surface area contributed by atoms with Crippen molar-refractivity contribution in [2.45, 2.75) is 0 Å². The average molecular weight is 435 g/mol. The molecule has 8 nitrogen and oxygen atoms in total. The highest BCUT2D eigenvalue weighted by Gasteiger charge is 2.15. The Morgan fingerprint density at radius 2 is 1.81 bits per heavy atom. The van der Waals surface area contributed by atoms with E-state index in [4.69, 9.17) is 0 Å². The average Bonchev–Trinajstić information content (AvgIpc) is 2.65. The summed E-state index contributed by atoms with van der Waals surface area (Å²) in [7, 11) is 0. The van der Waals surface area contributed by atoms with Gasteiger partial charge in [-0.1, -0.05) is 22.0 Å². The maximum Gasteiger partial charge on any atom is 0.272 e. The molecule has 2 aromatic carbocycles. The number of benzene rings is 2. The molecule has 3 aromatic rings. The van der Waals surface area contributed by atoms with Gasteiger partial charge in [0.15, 0.2) is 0 Å². The second-order valence-corrected chi connectivity index (χ2v) is 6.41. The summed E-state index contributed by atoms with van der Waals surface area (Å²) < 4.78 is 14.2. The Hall–Kier alpha value is -3.27. The first-order valence-corrected chi connectivity index (χ1v) is 8.43. The van der Waals surface area contributed by atoms with E-state index in [0.717, 1.165) is 6.07 Å². The van der Waals surface area contributed by atoms with E-state index in [0.29, 0.717) is 4.47 Å². The Balaban J connectivity index is 1.75. The number of aromatic nitrogens is 2. The lowest BCUT2D eigenvalue weighted by molar-refractivity contribution is -0.115. The lowest BCUT2D eigenvalue weighted by atomic mass is 10.1. The molecule has 138 valence electrons. The Morgan fingerprint density at radius 3 is 2.59 bits per heavy atom. The molecule has 3 rings (SSSR count). The van der Waals surface area contributed by atoms with Crippen LogP contribution in [0.1, 0.15) is 10.4 Å². The van der Waals surface area contributed by atoms with E-state index in [1.54, 1.807) is 0 Å². The van der Waals surface area contributed by atoms with Crippen molar-refractivity contribution in [3.63, 3.8) is 0 Å². The quantitative estimate of drug-likeness (QED) is 0.496. The van der Waals surface area contributed by atoms with Gasteiger partial charge in [-0.3, -0.25) is 29.4 Å². The molecule has 0 spiro atoms. The maximum atomic E-state index is 13.7. The number of rotatable bonds is 4. The Bertz CT molecular complexity index is 1170. The molecule has 0 aliphatic carbocycles. The van der Waals surface area contributed by atoms with E-state index in [-0.39, 0.29) is 22.0 Å². The minimum Gasteiger partial charge on any atom is -0.343 e. The molecule has 0 radical (unpaired) electrons. The summed E-state index contributed by atoms with van der Waals surface area (Å²) in [5, 5.41) is 9.24. The second-order valence-electron chi connectivity index (χ2n) is 5.49. The number of carbonyl (C=O) groups excluding carboxylic acids is 2. The lowest BCUT2D eigenvalue weighted by Gasteiger charge is -2.09. The molecule has 0 unspecified atom stereocenters. The Labute approximate surface area is 158 Å². The van der Waals surface area contributed by atoms with Gasteiger partial charge in [0, 0.05) is 4.47 Å². The van der Waals surface area contributed by atoms with Crippen molar-refractivity contribution in [3.8, 4) is 0 Å². The van der Waals surface area contributed by atoms with Gasteiger partial charge in [-0.25, -0.2) is 4.39 Å². The highest BCUT2D eigenvalue weighted by molar-refractivity contribution is 9.10. The predicted molar refractivity (Wildman–Crippen MR) is 100 cm³/mol. The number of hydrogen-bond donors (Lipinski definition) is 4. The summed E-state index contributed by atoms with van der Waals surface area (Å²) >= 11 is 3.14. The fourth-order valence-electron chi connectivity index (χ4n) is 2.46. The number of aromatic amines is 2. The Morgan fingerprint density at radius 1 is 1.07 bits per heavy atom. The van der Waals surface area contributed by atoms with Crippen molar-refractivity contribution in [1.29, 1.82) is 0 Å². The molecule has 0 atom stereocenters. The highest BCUT2D eigenvalue weighted by Crippen LogP contribution is 2.17. The van der Waals surface area contributed by atoms with Crippen LogP contribution in [-0.4, -0.2) is 28.6 Å². The minimum atomic E-state index is -0.767. The van der Waals surface area contributed by atoms with Gasteiger partial charge in [0.25, 0.3) is 17.0 Å². The van der Waals surface area contributed by atoms with Crippen LogP contribution in [0.25, 0.3) is 10.8 Å². The highest BCUT2D eigenvalue weighted by atomic mass is 79.9. The van der Waals surface area contributed by atoms with Crippen LogP contribution in [-0.2, 0) is 4.79 Å². The van der Waals surface area contributed by atoms with Gasteiger partial charge >= 0.3 is 0 Å². The number of halogens is 2. The van der Waals surface area contributed by atoms with E-state index in [9.17, 15) is 23.6 Å². The fourth-order valence-corrected chi connectivity index (χ4v) is 2.82. The van der Waals surface area contributed by atoms with Gasteiger partial charge < -0.3 is 10.6 Å². The summed E-state index contributed by atoms with van der Waals surface area (Å²) in [6, 6.07) is 8.25. The molecule has 0 saturated heterocycles. The van der Waals surface area contributed by atoms with Crippen molar-refractivity contribution < 1.29 is 14.0 Å². The first-order valence-electron chi connectivity index (χ1n) is 7.63. The van der Waals surface area contributed by atoms with Crippen LogP contribution < -0.4 is 21.8 Å². The molecule has 4 N–H and O–H groups in total. The molecule has 0 aliphatic heterocycles. The standard InChI is InChI=1S/C17H12BrFN4O4/c18-8-4-5-11(19)10(6-8)15(25)20-7-13(24)21-12-3-1-2-9-14(12)17(27)23-22-16(9)26/h1-6H,7H2,(H,20,25)(H,21,24)(H,22,26)(H,23,27). The van der Waals surface area contributed by atoms with Gasteiger partial charge in [-0.2, -0.15) is 0 Å². The number of anilines is 1. The molecular weight excluding hydrogens is 423 g/mol. The first-order chi connectivity index (χ1) is 12.9. The summed E-state index contributed by atoms with van der Waals surface area (Å²) in [4.78, 5) is 47.9. The van der Waals surface area contributed by atoms with Crippen LogP contribution in [0.2, 0.25) is 0 Å². The molecule has 0 saturated carbocycles. The van der Waals surface area contributed by atoms with Gasteiger partial charge in [-0.05, 0) is 30.3 Å². The molecule has 0 fully saturated rings. The third-order valence-electron chi connectivity index (χ3n) is 3.68. The SMILES string of the molecule is O=C(CNC(=O)c1cc(Br)ccc1F)Nc1cccc2c(=O)[nH][nH]c(=O)c12. The smallest absolute Gasteiger partial charge is 0.272 e. The topological polar surface area (TPSA) is 124 Å². The number of nitrogens with one attached hydrogen (secondary N) is 4. The molecule has 2 amide bonds.